The average Bonchev–Trinajstić information content (AvgIpc) is 3.09. The summed E-state index contributed by atoms with van der Waals surface area (Å²) in [6.45, 7) is 0. The third-order valence-corrected chi connectivity index (χ3v) is 2.83. The number of halogens is 1. The van der Waals surface area contributed by atoms with Crippen LogP contribution in [0.4, 0.5) is 10.2 Å². The second kappa shape index (κ2) is 5.20. The Morgan fingerprint density at radius 1 is 1.29 bits per heavy atom. The van der Waals surface area contributed by atoms with Gasteiger partial charge in [0.2, 0.25) is 0 Å². The Labute approximate surface area is 119 Å². The SMILES string of the molecule is Cn1ccc(NC(=O)c2cc(-c3ccc(F)cc3)on2)n1. The zero-order chi connectivity index (χ0) is 14.8. The average molecular weight is 286 g/mol. The Kier molecular flexibility index (Phi) is 3.23. The zero-order valence-corrected chi connectivity index (χ0v) is 11.1. The van der Waals surface area contributed by atoms with E-state index in [1.54, 1.807) is 36.1 Å². The Balaban J connectivity index is 1.78. The first-order chi connectivity index (χ1) is 10.1. The summed E-state index contributed by atoms with van der Waals surface area (Å²) in [4.78, 5) is 12.0. The number of carbonyl (C=O) groups excluding carboxylic acids is 1. The molecule has 106 valence electrons. The highest BCUT2D eigenvalue weighted by Crippen LogP contribution is 2.21. The minimum Gasteiger partial charge on any atom is -0.355 e. The van der Waals surface area contributed by atoms with Gasteiger partial charge in [0.1, 0.15) is 5.82 Å². The lowest BCUT2D eigenvalue weighted by atomic mass is 10.1. The number of nitrogens with zero attached hydrogens (tertiary/aromatic N) is 3. The highest BCUT2D eigenvalue weighted by molar-refractivity contribution is 6.02. The monoisotopic (exact) mass is 286 g/mol. The van der Waals surface area contributed by atoms with E-state index >= 15 is 0 Å². The number of rotatable bonds is 3. The predicted octanol–water partition coefficient (Wildman–Crippen LogP) is 2.47. The number of aromatic nitrogens is 3. The first kappa shape index (κ1) is 13.0. The molecule has 0 fully saturated rings. The smallest absolute Gasteiger partial charge is 0.279 e. The molecule has 21 heavy (non-hydrogen) atoms. The molecule has 0 bridgehead atoms. The van der Waals surface area contributed by atoms with Gasteiger partial charge in [-0.15, -0.1) is 0 Å². The molecule has 3 rings (SSSR count). The van der Waals surface area contributed by atoms with Gasteiger partial charge in [0.15, 0.2) is 17.3 Å². The van der Waals surface area contributed by atoms with Crippen LogP contribution in [0.15, 0.2) is 47.1 Å². The Hall–Kier alpha value is -2.96. The van der Waals surface area contributed by atoms with E-state index in [0.717, 1.165) is 0 Å². The topological polar surface area (TPSA) is 73.0 Å². The largest absolute Gasteiger partial charge is 0.355 e. The third kappa shape index (κ3) is 2.81. The Morgan fingerprint density at radius 3 is 2.71 bits per heavy atom. The fraction of sp³-hybridized carbons (Fsp3) is 0.0714. The van der Waals surface area contributed by atoms with E-state index in [0.29, 0.717) is 17.1 Å². The number of aryl methyl sites for hydroxylation is 1. The van der Waals surface area contributed by atoms with Crippen LogP contribution in [0.5, 0.6) is 0 Å². The maximum absolute atomic E-state index is 12.9. The summed E-state index contributed by atoms with van der Waals surface area (Å²) in [5, 5.41) is 10.3. The van der Waals surface area contributed by atoms with Gasteiger partial charge in [-0.2, -0.15) is 5.10 Å². The lowest BCUT2D eigenvalue weighted by Crippen LogP contribution is -2.12. The summed E-state index contributed by atoms with van der Waals surface area (Å²) in [5.74, 6) is 0.0483. The summed E-state index contributed by atoms with van der Waals surface area (Å²) in [7, 11) is 1.75. The molecule has 3 aromatic rings. The molecule has 0 spiro atoms. The van der Waals surface area contributed by atoms with Gasteiger partial charge in [-0.05, 0) is 24.3 Å². The Bertz CT molecular complexity index is 776. The zero-order valence-electron chi connectivity index (χ0n) is 11.1. The van der Waals surface area contributed by atoms with E-state index in [1.807, 2.05) is 0 Å². The van der Waals surface area contributed by atoms with E-state index in [-0.39, 0.29) is 11.5 Å². The van der Waals surface area contributed by atoms with Crippen molar-refractivity contribution >= 4 is 11.7 Å². The minimum absolute atomic E-state index is 0.125. The molecule has 0 aliphatic carbocycles. The minimum atomic E-state index is -0.425. The van der Waals surface area contributed by atoms with Crippen molar-refractivity contribution in [2.24, 2.45) is 7.05 Å². The number of nitrogens with one attached hydrogen (secondary N) is 1. The maximum atomic E-state index is 12.9. The van der Waals surface area contributed by atoms with E-state index in [9.17, 15) is 9.18 Å². The molecule has 0 saturated heterocycles. The van der Waals surface area contributed by atoms with E-state index in [1.165, 1.54) is 18.2 Å². The number of hydrogen-bond acceptors (Lipinski definition) is 4. The van der Waals surface area contributed by atoms with Crippen LogP contribution in [0.3, 0.4) is 0 Å². The number of anilines is 1. The van der Waals surface area contributed by atoms with E-state index in [4.69, 9.17) is 4.52 Å². The number of benzene rings is 1. The van der Waals surface area contributed by atoms with Crippen LogP contribution >= 0.6 is 0 Å². The van der Waals surface area contributed by atoms with E-state index < -0.39 is 5.91 Å². The van der Waals surface area contributed by atoms with Gasteiger partial charge in [0.05, 0.1) is 0 Å². The molecular formula is C14H11FN4O2. The molecule has 7 heteroatoms. The normalized spacial score (nSPS) is 10.6. The standard InChI is InChI=1S/C14H11FN4O2/c1-19-7-6-13(17-19)16-14(20)11-8-12(21-18-11)9-2-4-10(15)5-3-9/h2-8H,1H3,(H,16,17,20). The van der Waals surface area contributed by atoms with Crippen molar-refractivity contribution in [1.29, 1.82) is 0 Å². The van der Waals surface area contributed by atoms with Gasteiger partial charge in [-0.25, -0.2) is 4.39 Å². The lowest BCUT2D eigenvalue weighted by molar-refractivity contribution is 0.101. The maximum Gasteiger partial charge on any atom is 0.279 e. The molecule has 6 nitrogen and oxygen atoms in total. The molecule has 0 aliphatic rings. The van der Waals surface area contributed by atoms with Crippen LogP contribution in [0, 0.1) is 5.82 Å². The van der Waals surface area contributed by atoms with Crippen molar-refractivity contribution in [3.05, 3.63) is 54.1 Å². The van der Waals surface area contributed by atoms with Gasteiger partial charge >= 0.3 is 0 Å². The highest BCUT2D eigenvalue weighted by atomic mass is 19.1. The first-order valence-electron chi connectivity index (χ1n) is 6.15. The molecule has 1 amide bonds. The molecule has 0 aliphatic heterocycles. The van der Waals surface area contributed by atoms with Crippen LogP contribution in [0.2, 0.25) is 0 Å². The fourth-order valence-electron chi connectivity index (χ4n) is 1.79. The molecule has 0 atom stereocenters. The van der Waals surface area contributed by atoms with Gasteiger partial charge in [-0.3, -0.25) is 9.48 Å². The van der Waals surface area contributed by atoms with Crippen molar-refractivity contribution < 1.29 is 13.7 Å². The molecule has 2 aromatic heterocycles. The first-order valence-corrected chi connectivity index (χ1v) is 6.15. The van der Waals surface area contributed by atoms with Crippen LogP contribution in [0.1, 0.15) is 10.5 Å². The van der Waals surface area contributed by atoms with Gasteiger partial charge in [0, 0.05) is 30.9 Å². The lowest BCUT2D eigenvalue weighted by Gasteiger charge is -1.96. The summed E-state index contributed by atoms with van der Waals surface area (Å²) in [6.07, 6.45) is 1.71. The van der Waals surface area contributed by atoms with Gasteiger partial charge in [-0.1, -0.05) is 5.16 Å². The summed E-state index contributed by atoms with van der Waals surface area (Å²) in [5.41, 5.74) is 0.765. The number of hydrogen-bond donors (Lipinski definition) is 1. The summed E-state index contributed by atoms with van der Waals surface area (Å²) in [6, 6.07) is 8.88. The second-order valence-corrected chi connectivity index (χ2v) is 4.41. The molecule has 1 N–H and O–H groups in total. The molecule has 2 heterocycles. The van der Waals surface area contributed by atoms with Crippen LogP contribution < -0.4 is 5.32 Å². The molecule has 0 radical (unpaired) electrons. The number of carbonyl (C=O) groups is 1. The number of amides is 1. The van der Waals surface area contributed by atoms with Gasteiger partial charge in [0.25, 0.3) is 5.91 Å². The van der Waals surface area contributed by atoms with E-state index in [2.05, 4.69) is 15.6 Å². The molecule has 0 unspecified atom stereocenters. The van der Waals surface area contributed by atoms with Crippen molar-refractivity contribution in [2.75, 3.05) is 5.32 Å². The van der Waals surface area contributed by atoms with Crippen LogP contribution in [-0.2, 0) is 7.05 Å². The molecule has 1 aromatic carbocycles. The van der Waals surface area contributed by atoms with Gasteiger partial charge < -0.3 is 9.84 Å². The van der Waals surface area contributed by atoms with Crippen LogP contribution in [-0.4, -0.2) is 20.8 Å². The Morgan fingerprint density at radius 2 is 2.05 bits per heavy atom. The van der Waals surface area contributed by atoms with Crippen molar-refractivity contribution in [3.63, 3.8) is 0 Å². The van der Waals surface area contributed by atoms with Crippen LogP contribution in [0.25, 0.3) is 11.3 Å². The van der Waals surface area contributed by atoms with Crippen molar-refractivity contribution in [1.82, 2.24) is 14.9 Å². The van der Waals surface area contributed by atoms with Crippen molar-refractivity contribution in [3.8, 4) is 11.3 Å². The summed E-state index contributed by atoms with van der Waals surface area (Å²) < 4.78 is 19.5. The molecule has 0 saturated carbocycles. The quantitative estimate of drug-likeness (QED) is 0.802. The fourth-order valence-corrected chi connectivity index (χ4v) is 1.79. The second-order valence-electron chi connectivity index (χ2n) is 4.41. The predicted molar refractivity (Wildman–Crippen MR) is 73.1 cm³/mol. The molecular weight excluding hydrogens is 275 g/mol. The summed E-state index contributed by atoms with van der Waals surface area (Å²) >= 11 is 0. The van der Waals surface area contributed by atoms with Crippen molar-refractivity contribution in [2.45, 2.75) is 0 Å². The third-order valence-electron chi connectivity index (χ3n) is 2.83. The highest BCUT2D eigenvalue weighted by Gasteiger charge is 2.14.